The van der Waals surface area contributed by atoms with Crippen molar-refractivity contribution < 1.29 is 13.2 Å². The average Bonchev–Trinajstić information content (AvgIpc) is 2.65. The van der Waals surface area contributed by atoms with E-state index in [0.717, 1.165) is 6.54 Å². The third-order valence-electron chi connectivity index (χ3n) is 4.42. The van der Waals surface area contributed by atoms with Gasteiger partial charge in [0.25, 0.3) is 0 Å². The number of halogens is 1. The second kappa shape index (κ2) is 8.39. The summed E-state index contributed by atoms with van der Waals surface area (Å²) in [6, 6.07) is 14.9. The van der Waals surface area contributed by atoms with Crippen molar-refractivity contribution in [3.8, 4) is 5.75 Å². The standard InChI is InChI=1S/C19H23ClN2O3S/c1-2-25-19-9-8-17(14-18(19)20)26(23,24)22-12-10-21(11-13-22)15-16-6-4-3-5-7-16/h3-9,14H,2,10-13,15H2,1H3. The van der Waals surface area contributed by atoms with Crippen LogP contribution in [0.5, 0.6) is 5.75 Å². The van der Waals surface area contributed by atoms with Crippen molar-refractivity contribution in [1.29, 1.82) is 0 Å². The topological polar surface area (TPSA) is 49.9 Å². The lowest BCUT2D eigenvalue weighted by Gasteiger charge is -2.34. The summed E-state index contributed by atoms with van der Waals surface area (Å²) in [5, 5.41) is 0.315. The van der Waals surface area contributed by atoms with Crippen LogP contribution in [0.25, 0.3) is 0 Å². The maximum absolute atomic E-state index is 12.9. The van der Waals surface area contributed by atoms with Crippen LogP contribution in [0.1, 0.15) is 12.5 Å². The summed E-state index contributed by atoms with van der Waals surface area (Å²) in [4.78, 5) is 2.48. The lowest BCUT2D eigenvalue weighted by molar-refractivity contribution is 0.181. The van der Waals surface area contributed by atoms with Gasteiger partial charge in [0.15, 0.2) is 0 Å². The zero-order valence-corrected chi connectivity index (χ0v) is 16.3. The van der Waals surface area contributed by atoms with Crippen molar-refractivity contribution in [2.24, 2.45) is 0 Å². The molecular weight excluding hydrogens is 372 g/mol. The molecule has 26 heavy (non-hydrogen) atoms. The van der Waals surface area contributed by atoms with Crippen LogP contribution in [-0.2, 0) is 16.6 Å². The monoisotopic (exact) mass is 394 g/mol. The number of hydrogen-bond donors (Lipinski definition) is 0. The highest BCUT2D eigenvalue weighted by Crippen LogP contribution is 2.29. The summed E-state index contributed by atoms with van der Waals surface area (Å²) in [5.74, 6) is 0.501. The van der Waals surface area contributed by atoms with Gasteiger partial charge < -0.3 is 4.74 Å². The van der Waals surface area contributed by atoms with E-state index < -0.39 is 10.0 Å². The van der Waals surface area contributed by atoms with Gasteiger partial charge in [-0.15, -0.1) is 0 Å². The highest BCUT2D eigenvalue weighted by Gasteiger charge is 2.29. The Bertz CT molecular complexity index is 835. The first-order chi connectivity index (χ1) is 12.5. The van der Waals surface area contributed by atoms with E-state index in [1.807, 2.05) is 25.1 Å². The molecule has 0 amide bonds. The lowest BCUT2D eigenvalue weighted by atomic mass is 10.2. The number of piperazine rings is 1. The number of ether oxygens (including phenoxy) is 1. The molecule has 1 fully saturated rings. The maximum atomic E-state index is 12.9. The van der Waals surface area contributed by atoms with Gasteiger partial charge in [-0.1, -0.05) is 41.9 Å². The Labute approximate surface area is 160 Å². The minimum Gasteiger partial charge on any atom is -0.492 e. The smallest absolute Gasteiger partial charge is 0.243 e. The van der Waals surface area contributed by atoms with Crippen molar-refractivity contribution in [3.63, 3.8) is 0 Å². The normalized spacial score (nSPS) is 16.5. The fourth-order valence-electron chi connectivity index (χ4n) is 3.03. The van der Waals surface area contributed by atoms with E-state index in [4.69, 9.17) is 16.3 Å². The van der Waals surface area contributed by atoms with Crippen LogP contribution in [0.4, 0.5) is 0 Å². The van der Waals surface area contributed by atoms with Gasteiger partial charge >= 0.3 is 0 Å². The zero-order chi connectivity index (χ0) is 18.6. The highest BCUT2D eigenvalue weighted by atomic mass is 35.5. The van der Waals surface area contributed by atoms with Gasteiger partial charge in [0.2, 0.25) is 10.0 Å². The number of sulfonamides is 1. The molecule has 2 aromatic carbocycles. The maximum Gasteiger partial charge on any atom is 0.243 e. The van der Waals surface area contributed by atoms with Crippen molar-refractivity contribution in [1.82, 2.24) is 9.21 Å². The fraction of sp³-hybridized carbons (Fsp3) is 0.368. The number of benzene rings is 2. The molecule has 0 bridgehead atoms. The fourth-order valence-corrected chi connectivity index (χ4v) is 4.78. The summed E-state index contributed by atoms with van der Waals surface area (Å²) >= 11 is 6.15. The zero-order valence-electron chi connectivity index (χ0n) is 14.8. The van der Waals surface area contributed by atoms with Gasteiger partial charge in [-0.25, -0.2) is 8.42 Å². The number of rotatable bonds is 6. The molecule has 1 heterocycles. The Kier molecular flexibility index (Phi) is 6.19. The van der Waals surface area contributed by atoms with E-state index in [2.05, 4.69) is 17.0 Å². The Morgan fingerprint density at radius 2 is 1.73 bits per heavy atom. The van der Waals surface area contributed by atoms with Crippen molar-refractivity contribution in [2.45, 2.75) is 18.4 Å². The largest absolute Gasteiger partial charge is 0.492 e. The van der Waals surface area contributed by atoms with Crippen LogP contribution in [-0.4, -0.2) is 50.4 Å². The molecule has 140 valence electrons. The van der Waals surface area contributed by atoms with Crippen LogP contribution >= 0.6 is 11.6 Å². The quantitative estimate of drug-likeness (QED) is 0.754. The molecule has 2 aromatic rings. The molecule has 0 atom stereocenters. The number of hydrogen-bond acceptors (Lipinski definition) is 4. The molecule has 3 rings (SSSR count). The Morgan fingerprint density at radius 1 is 1.04 bits per heavy atom. The Morgan fingerprint density at radius 3 is 2.35 bits per heavy atom. The van der Waals surface area contributed by atoms with Crippen molar-refractivity contribution in [3.05, 3.63) is 59.1 Å². The van der Waals surface area contributed by atoms with Gasteiger partial charge in [-0.2, -0.15) is 4.31 Å². The summed E-state index contributed by atoms with van der Waals surface area (Å²) in [7, 11) is -3.55. The van der Waals surface area contributed by atoms with Crippen LogP contribution in [0.2, 0.25) is 5.02 Å². The van der Waals surface area contributed by atoms with Crippen molar-refractivity contribution >= 4 is 21.6 Å². The molecule has 0 N–H and O–H groups in total. The molecule has 1 saturated heterocycles. The van der Waals surface area contributed by atoms with Crippen LogP contribution in [0.3, 0.4) is 0 Å². The summed E-state index contributed by atoms with van der Waals surface area (Å²) < 4.78 is 32.7. The Balaban J connectivity index is 1.65. The van der Waals surface area contributed by atoms with E-state index in [1.54, 1.807) is 12.1 Å². The molecule has 0 aromatic heterocycles. The van der Waals surface area contributed by atoms with Crippen LogP contribution in [0.15, 0.2) is 53.4 Å². The third-order valence-corrected chi connectivity index (χ3v) is 6.61. The highest BCUT2D eigenvalue weighted by molar-refractivity contribution is 7.89. The predicted molar refractivity (Wildman–Crippen MR) is 103 cm³/mol. The lowest BCUT2D eigenvalue weighted by Crippen LogP contribution is -2.48. The molecule has 0 radical (unpaired) electrons. The summed E-state index contributed by atoms with van der Waals surface area (Å²) in [6.45, 7) is 5.53. The molecular formula is C19H23ClN2O3S. The van der Waals surface area contributed by atoms with Gasteiger partial charge in [0.1, 0.15) is 5.75 Å². The van der Waals surface area contributed by atoms with Gasteiger partial charge in [-0.05, 0) is 30.7 Å². The SMILES string of the molecule is CCOc1ccc(S(=O)(=O)N2CCN(Cc3ccccc3)CC2)cc1Cl. The van der Waals surface area contributed by atoms with E-state index in [0.29, 0.717) is 43.6 Å². The molecule has 0 aliphatic carbocycles. The molecule has 7 heteroatoms. The predicted octanol–water partition coefficient (Wildman–Crippen LogP) is 3.25. The first-order valence-electron chi connectivity index (χ1n) is 8.69. The van der Waals surface area contributed by atoms with E-state index in [1.165, 1.54) is 15.9 Å². The molecule has 5 nitrogen and oxygen atoms in total. The van der Waals surface area contributed by atoms with Crippen LogP contribution < -0.4 is 4.74 Å². The molecule has 1 aliphatic rings. The third kappa shape index (κ3) is 4.38. The molecule has 0 saturated carbocycles. The second-order valence-electron chi connectivity index (χ2n) is 6.19. The average molecular weight is 395 g/mol. The van der Waals surface area contributed by atoms with Gasteiger partial charge in [0, 0.05) is 32.7 Å². The van der Waals surface area contributed by atoms with Crippen molar-refractivity contribution in [2.75, 3.05) is 32.8 Å². The molecule has 0 unspecified atom stereocenters. The second-order valence-corrected chi connectivity index (χ2v) is 8.54. The van der Waals surface area contributed by atoms with Crippen LogP contribution in [0, 0.1) is 0 Å². The number of nitrogens with zero attached hydrogens (tertiary/aromatic N) is 2. The Hall–Kier alpha value is -1.60. The van der Waals surface area contributed by atoms with E-state index in [9.17, 15) is 8.42 Å². The van der Waals surface area contributed by atoms with E-state index >= 15 is 0 Å². The minimum atomic E-state index is -3.55. The molecule has 1 aliphatic heterocycles. The molecule has 0 spiro atoms. The van der Waals surface area contributed by atoms with Gasteiger partial charge in [0.05, 0.1) is 16.5 Å². The van der Waals surface area contributed by atoms with E-state index in [-0.39, 0.29) is 4.90 Å². The first-order valence-corrected chi connectivity index (χ1v) is 10.5. The first kappa shape index (κ1) is 19.2. The summed E-state index contributed by atoms with van der Waals surface area (Å²) in [5.41, 5.74) is 1.24. The van der Waals surface area contributed by atoms with Gasteiger partial charge in [-0.3, -0.25) is 4.90 Å². The minimum absolute atomic E-state index is 0.211. The summed E-state index contributed by atoms with van der Waals surface area (Å²) in [6.07, 6.45) is 0.